The molecule has 1 N–H and O–H groups in total. The lowest BCUT2D eigenvalue weighted by molar-refractivity contribution is -0.117. The quantitative estimate of drug-likeness (QED) is 0.383. The molecule has 170 valence electrons. The minimum Gasteiger partial charge on any atom is -0.497 e. The fourth-order valence-electron chi connectivity index (χ4n) is 5.44. The Morgan fingerprint density at radius 3 is 3.03 bits per heavy atom. The van der Waals surface area contributed by atoms with Gasteiger partial charge in [0.2, 0.25) is 5.91 Å². The molecule has 1 saturated carbocycles. The van der Waals surface area contributed by atoms with E-state index in [1.807, 2.05) is 29.7 Å². The van der Waals surface area contributed by atoms with Crippen molar-refractivity contribution in [1.82, 2.24) is 10.2 Å². The van der Waals surface area contributed by atoms with Gasteiger partial charge in [-0.1, -0.05) is 18.2 Å². The van der Waals surface area contributed by atoms with E-state index in [1.54, 1.807) is 24.5 Å². The third-order valence-electron chi connectivity index (χ3n) is 6.97. The van der Waals surface area contributed by atoms with Gasteiger partial charge < -0.3 is 10.1 Å². The number of nitrogens with one attached hydrogen (secondary N) is 1. The Balaban J connectivity index is 1.52. The van der Waals surface area contributed by atoms with Crippen molar-refractivity contribution < 1.29 is 9.53 Å². The number of amides is 1. The Hall–Kier alpha value is -1.89. The molecule has 1 aliphatic heterocycles. The Labute approximate surface area is 203 Å². The maximum Gasteiger partial charge on any atom is 0.244 e. The second-order valence-electron chi connectivity index (χ2n) is 8.87. The molecule has 1 aromatic carbocycles. The first kappa shape index (κ1) is 23.3. The predicted octanol–water partition coefficient (Wildman–Crippen LogP) is 5.65. The van der Waals surface area contributed by atoms with Gasteiger partial charge in [0.15, 0.2) is 0 Å². The van der Waals surface area contributed by atoms with Crippen LogP contribution < -0.4 is 10.1 Å². The van der Waals surface area contributed by atoms with Crippen molar-refractivity contribution in [1.29, 1.82) is 0 Å². The summed E-state index contributed by atoms with van der Waals surface area (Å²) in [5.74, 6) is 1.46. The average molecular weight is 516 g/mol. The molecule has 2 heterocycles. The van der Waals surface area contributed by atoms with Gasteiger partial charge in [0.1, 0.15) is 5.75 Å². The van der Waals surface area contributed by atoms with Gasteiger partial charge >= 0.3 is 0 Å². The molecule has 2 aliphatic rings. The molecule has 6 heteroatoms. The molecule has 2 aromatic rings. The molecule has 2 fully saturated rings. The van der Waals surface area contributed by atoms with Crippen LogP contribution in [0.15, 0.2) is 58.9 Å². The fraction of sp³-hybridized carbons (Fsp3) is 0.423. The van der Waals surface area contributed by atoms with Gasteiger partial charge in [-0.15, -0.1) is 17.9 Å². The second-order valence-corrected chi connectivity index (χ2v) is 10.7. The van der Waals surface area contributed by atoms with E-state index in [-0.39, 0.29) is 17.4 Å². The largest absolute Gasteiger partial charge is 0.497 e. The Morgan fingerprint density at radius 2 is 2.28 bits per heavy atom. The molecule has 1 amide bonds. The zero-order valence-corrected chi connectivity index (χ0v) is 21.0. The van der Waals surface area contributed by atoms with Crippen LogP contribution in [0.5, 0.6) is 5.75 Å². The third-order valence-corrected chi connectivity index (χ3v) is 8.63. The average Bonchev–Trinajstić information content (AvgIpc) is 3.23. The lowest BCUT2D eigenvalue weighted by atomic mass is 9.58. The van der Waals surface area contributed by atoms with Gasteiger partial charge in [-0.25, -0.2) is 0 Å². The van der Waals surface area contributed by atoms with Crippen LogP contribution in [0.25, 0.3) is 6.08 Å². The van der Waals surface area contributed by atoms with Gasteiger partial charge in [0.25, 0.3) is 0 Å². The van der Waals surface area contributed by atoms with Crippen LogP contribution in [0, 0.1) is 5.92 Å². The minimum atomic E-state index is -0.0112. The first-order valence-corrected chi connectivity index (χ1v) is 12.9. The van der Waals surface area contributed by atoms with E-state index < -0.39 is 0 Å². The summed E-state index contributed by atoms with van der Waals surface area (Å²) in [5, 5.41) is 5.32. The summed E-state index contributed by atoms with van der Waals surface area (Å²) in [6.45, 7) is 7.00. The Morgan fingerprint density at radius 1 is 1.41 bits per heavy atom. The Bertz CT molecular complexity index is 988. The van der Waals surface area contributed by atoms with Gasteiger partial charge in [-0.3, -0.25) is 9.69 Å². The van der Waals surface area contributed by atoms with E-state index in [2.05, 4.69) is 50.9 Å². The molecule has 1 aromatic heterocycles. The number of halogens is 1. The van der Waals surface area contributed by atoms with E-state index >= 15 is 0 Å². The summed E-state index contributed by atoms with van der Waals surface area (Å²) < 4.78 is 6.59. The van der Waals surface area contributed by atoms with Gasteiger partial charge in [-0.05, 0) is 83.9 Å². The normalized spacial score (nSPS) is 25.9. The zero-order valence-electron chi connectivity index (χ0n) is 18.6. The SMILES string of the molecule is C=CCN1CC[C@@]2(c3cccc(OC)c3)C[C@@H](NC(=O)C=Cc3cc(Br)cs3)CC[C@@H]2C1. The number of hydrogen-bond acceptors (Lipinski definition) is 4. The van der Waals surface area contributed by atoms with E-state index in [0.717, 1.165) is 60.4 Å². The number of benzene rings is 1. The zero-order chi connectivity index (χ0) is 22.6. The van der Waals surface area contributed by atoms with Gasteiger partial charge in [-0.2, -0.15) is 0 Å². The molecule has 4 nitrogen and oxygen atoms in total. The summed E-state index contributed by atoms with van der Waals surface area (Å²) in [4.78, 5) is 16.3. The highest BCUT2D eigenvalue weighted by molar-refractivity contribution is 9.10. The van der Waals surface area contributed by atoms with E-state index in [1.165, 1.54) is 5.56 Å². The summed E-state index contributed by atoms with van der Waals surface area (Å²) in [6.07, 6.45) is 9.74. The molecule has 0 bridgehead atoms. The maximum absolute atomic E-state index is 12.7. The number of nitrogens with zero attached hydrogens (tertiary/aromatic N) is 1. The molecular formula is C26H31BrN2O2S. The second kappa shape index (κ2) is 10.4. The van der Waals surface area contributed by atoms with Crippen LogP contribution in [0.2, 0.25) is 0 Å². The van der Waals surface area contributed by atoms with Crippen LogP contribution in [0.3, 0.4) is 0 Å². The number of thiophene rings is 1. The van der Waals surface area contributed by atoms with E-state index in [4.69, 9.17) is 4.74 Å². The number of carbonyl (C=O) groups is 1. The summed E-state index contributed by atoms with van der Waals surface area (Å²) in [7, 11) is 1.73. The minimum absolute atomic E-state index is 0.0112. The maximum atomic E-state index is 12.7. The summed E-state index contributed by atoms with van der Waals surface area (Å²) in [6, 6.07) is 10.8. The number of rotatable bonds is 7. The predicted molar refractivity (Wildman–Crippen MR) is 136 cm³/mol. The smallest absolute Gasteiger partial charge is 0.244 e. The third kappa shape index (κ3) is 5.19. The number of ether oxygens (including phenoxy) is 1. The van der Waals surface area contributed by atoms with E-state index in [0.29, 0.717) is 5.92 Å². The van der Waals surface area contributed by atoms with Crippen LogP contribution in [-0.4, -0.2) is 43.6 Å². The number of likely N-dealkylation sites (tertiary alicyclic amines) is 1. The molecule has 3 atom stereocenters. The molecule has 4 rings (SSSR count). The van der Waals surface area contributed by atoms with Crippen molar-refractivity contribution in [3.8, 4) is 5.75 Å². The highest BCUT2D eigenvalue weighted by Gasteiger charge is 2.48. The molecule has 1 saturated heterocycles. The highest BCUT2D eigenvalue weighted by atomic mass is 79.9. The summed E-state index contributed by atoms with van der Waals surface area (Å²) in [5.41, 5.74) is 1.41. The molecule has 32 heavy (non-hydrogen) atoms. The number of hydrogen-bond donors (Lipinski definition) is 1. The van der Waals surface area contributed by atoms with E-state index in [9.17, 15) is 4.79 Å². The van der Waals surface area contributed by atoms with Crippen molar-refractivity contribution in [3.63, 3.8) is 0 Å². The van der Waals surface area contributed by atoms with Crippen molar-refractivity contribution in [2.45, 2.75) is 37.1 Å². The first-order chi connectivity index (χ1) is 15.5. The van der Waals surface area contributed by atoms with Gasteiger partial charge in [0, 0.05) is 45.4 Å². The van der Waals surface area contributed by atoms with Crippen LogP contribution >= 0.6 is 27.3 Å². The van der Waals surface area contributed by atoms with Crippen molar-refractivity contribution in [2.24, 2.45) is 5.92 Å². The number of fused-ring (bicyclic) bond motifs is 1. The monoisotopic (exact) mass is 514 g/mol. The van der Waals surface area contributed by atoms with Crippen LogP contribution in [-0.2, 0) is 10.2 Å². The fourth-order valence-corrected chi connectivity index (χ4v) is 6.78. The molecule has 0 spiro atoms. The lowest BCUT2D eigenvalue weighted by Gasteiger charge is -2.53. The molecular weight excluding hydrogens is 484 g/mol. The van der Waals surface area contributed by atoms with Crippen LogP contribution in [0.4, 0.5) is 0 Å². The first-order valence-electron chi connectivity index (χ1n) is 11.2. The summed E-state index contributed by atoms with van der Waals surface area (Å²) >= 11 is 5.08. The molecule has 0 radical (unpaired) electrons. The Kier molecular flexibility index (Phi) is 7.54. The lowest BCUT2D eigenvalue weighted by Crippen LogP contribution is -2.56. The molecule has 1 aliphatic carbocycles. The number of methoxy groups -OCH3 is 1. The van der Waals surface area contributed by atoms with Crippen molar-refractivity contribution in [3.05, 3.63) is 69.4 Å². The molecule has 0 unspecified atom stereocenters. The standard InChI is InChI=1S/C26H31BrN2O2S/c1-3-12-29-13-11-26(19-5-4-6-23(14-19)31-2)16-22(8-7-20(26)17-29)28-25(30)10-9-24-15-21(27)18-32-24/h3-6,9-10,14-15,18,20,22H,1,7-8,11-13,16-17H2,2H3,(H,28,30)/t20-,22+,26+/m1/s1. The van der Waals surface area contributed by atoms with Crippen LogP contribution in [0.1, 0.15) is 36.1 Å². The highest BCUT2D eigenvalue weighted by Crippen LogP contribution is 2.49. The van der Waals surface area contributed by atoms with Gasteiger partial charge in [0.05, 0.1) is 7.11 Å². The van der Waals surface area contributed by atoms with Crippen molar-refractivity contribution in [2.75, 3.05) is 26.7 Å². The topological polar surface area (TPSA) is 41.6 Å². The number of piperidine rings is 1. The number of carbonyl (C=O) groups excluding carboxylic acids is 1. The van der Waals surface area contributed by atoms with Crippen molar-refractivity contribution >= 4 is 39.2 Å².